The molecule has 0 fully saturated rings. The first kappa shape index (κ1) is 20.2. The number of nitrogens with zero attached hydrogens (tertiary/aromatic N) is 1. The van der Waals surface area contributed by atoms with E-state index in [4.69, 9.17) is 14.2 Å². The highest BCUT2D eigenvalue weighted by Crippen LogP contribution is 2.26. The van der Waals surface area contributed by atoms with E-state index in [1.165, 1.54) is 0 Å². The molecule has 3 rings (SSSR count). The Hall–Kier alpha value is -3.54. The summed E-state index contributed by atoms with van der Waals surface area (Å²) in [6.07, 6.45) is 2.52. The predicted octanol–water partition coefficient (Wildman–Crippen LogP) is 4.17. The summed E-state index contributed by atoms with van der Waals surface area (Å²) in [7, 11) is 1.59. The molecule has 0 saturated carbocycles. The Bertz CT molecular complexity index is 984. The zero-order chi connectivity index (χ0) is 20.5. The molecule has 0 saturated heterocycles. The maximum Gasteiger partial charge on any atom is 0.277 e. The second-order valence-electron chi connectivity index (χ2n) is 6.30. The molecule has 0 aromatic heterocycles. The van der Waals surface area contributed by atoms with Gasteiger partial charge in [0, 0.05) is 5.56 Å². The van der Waals surface area contributed by atoms with Gasteiger partial charge in [-0.05, 0) is 47.5 Å². The van der Waals surface area contributed by atoms with Crippen molar-refractivity contribution in [2.75, 3.05) is 20.3 Å². The maximum atomic E-state index is 12.0. The Kier molecular flexibility index (Phi) is 7.05. The molecule has 0 unspecified atom stereocenters. The molecule has 0 aliphatic carbocycles. The molecule has 150 valence electrons. The second kappa shape index (κ2) is 10.1. The average molecular weight is 392 g/mol. The molecular weight excluding hydrogens is 368 g/mol. The van der Waals surface area contributed by atoms with Gasteiger partial charge in [-0.3, -0.25) is 4.79 Å². The lowest BCUT2D eigenvalue weighted by molar-refractivity contribution is -0.123. The van der Waals surface area contributed by atoms with Crippen molar-refractivity contribution >= 4 is 22.9 Å². The van der Waals surface area contributed by atoms with Crippen LogP contribution in [-0.4, -0.2) is 32.4 Å². The summed E-state index contributed by atoms with van der Waals surface area (Å²) < 4.78 is 16.4. The molecule has 1 amide bonds. The number of fused-ring (bicyclic) bond motifs is 1. The van der Waals surface area contributed by atoms with Crippen molar-refractivity contribution in [2.45, 2.75) is 13.3 Å². The molecule has 0 atom stereocenters. The van der Waals surface area contributed by atoms with E-state index in [0.29, 0.717) is 12.4 Å². The molecule has 0 aliphatic rings. The number of hydrogen-bond donors (Lipinski definition) is 1. The fourth-order valence-electron chi connectivity index (χ4n) is 2.77. The topological polar surface area (TPSA) is 69.2 Å². The summed E-state index contributed by atoms with van der Waals surface area (Å²) in [4.78, 5) is 12.0. The van der Waals surface area contributed by atoms with E-state index in [0.717, 1.165) is 34.3 Å². The van der Waals surface area contributed by atoms with Gasteiger partial charge in [0.05, 0.1) is 19.9 Å². The number of ether oxygens (including phenoxy) is 3. The lowest BCUT2D eigenvalue weighted by Crippen LogP contribution is -2.24. The van der Waals surface area contributed by atoms with Crippen molar-refractivity contribution in [1.82, 2.24) is 5.43 Å². The van der Waals surface area contributed by atoms with E-state index >= 15 is 0 Å². The minimum Gasteiger partial charge on any atom is -0.497 e. The number of methoxy groups -OCH3 is 1. The van der Waals surface area contributed by atoms with Crippen LogP contribution in [0.2, 0.25) is 0 Å². The van der Waals surface area contributed by atoms with Gasteiger partial charge in [-0.2, -0.15) is 5.10 Å². The van der Waals surface area contributed by atoms with Crippen LogP contribution in [0, 0.1) is 0 Å². The summed E-state index contributed by atoms with van der Waals surface area (Å²) >= 11 is 0. The van der Waals surface area contributed by atoms with Crippen molar-refractivity contribution in [3.63, 3.8) is 0 Å². The number of benzene rings is 3. The molecule has 0 radical (unpaired) electrons. The second-order valence-corrected chi connectivity index (χ2v) is 6.30. The molecule has 1 N–H and O–H groups in total. The first-order chi connectivity index (χ1) is 14.2. The van der Waals surface area contributed by atoms with Gasteiger partial charge in [0.2, 0.25) is 0 Å². The molecule has 6 heteroatoms. The minimum absolute atomic E-state index is 0.140. The van der Waals surface area contributed by atoms with Crippen LogP contribution >= 0.6 is 0 Å². The standard InChI is InChI=1S/C23H24N2O4/c1-3-14-28-22-13-8-17-6-4-5-7-20(17)21(22)15-24-25-23(26)16-29-19-11-9-18(27-2)10-12-19/h4-13,15H,3,14,16H2,1-2H3,(H,25,26)/b24-15-. The first-order valence-electron chi connectivity index (χ1n) is 9.44. The number of rotatable bonds is 9. The van der Waals surface area contributed by atoms with Crippen LogP contribution in [-0.2, 0) is 4.79 Å². The summed E-state index contributed by atoms with van der Waals surface area (Å²) in [5, 5.41) is 6.18. The minimum atomic E-state index is -0.353. The molecule has 6 nitrogen and oxygen atoms in total. The molecule has 3 aromatic rings. The van der Waals surface area contributed by atoms with E-state index in [-0.39, 0.29) is 12.5 Å². The maximum absolute atomic E-state index is 12.0. The fraction of sp³-hybridized carbons (Fsp3) is 0.217. The predicted molar refractivity (Wildman–Crippen MR) is 114 cm³/mol. The summed E-state index contributed by atoms with van der Waals surface area (Å²) in [5.74, 6) is 1.68. The van der Waals surface area contributed by atoms with Gasteiger partial charge in [0.1, 0.15) is 17.2 Å². The van der Waals surface area contributed by atoms with Crippen LogP contribution < -0.4 is 19.6 Å². The number of carbonyl (C=O) groups excluding carboxylic acids is 1. The van der Waals surface area contributed by atoms with E-state index in [1.807, 2.05) is 36.4 Å². The van der Waals surface area contributed by atoms with Gasteiger partial charge < -0.3 is 14.2 Å². The van der Waals surface area contributed by atoms with Crippen molar-refractivity contribution in [3.05, 3.63) is 66.2 Å². The van der Waals surface area contributed by atoms with Crippen LogP contribution in [0.3, 0.4) is 0 Å². The quantitative estimate of drug-likeness (QED) is 0.438. The molecule has 0 bridgehead atoms. The molecule has 0 aliphatic heterocycles. The normalized spacial score (nSPS) is 10.8. The van der Waals surface area contributed by atoms with Crippen molar-refractivity contribution in [2.24, 2.45) is 5.10 Å². The van der Waals surface area contributed by atoms with Crippen LogP contribution in [0.1, 0.15) is 18.9 Å². The molecule has 0 heterocycles. The lowest BCUT2D eigenvalue weighted by Gasteiger charge is -2.11. The van der Waals surface area contributed by atoms with E-state index in [9.17, 15) is 4.79 Å². The highest BCUT2D eigenvalue weighted by Gasteiger charge is 2.08. The SMILES string of the molecule is CCCOc1ccc2ccccc2c1/C=N\NC(=O)COc1ccc(OC)cc1. The third-order valence-corrected chi connectivity index (χ3v) is 4.20. The molecular formula is C23H24N2O4. The van der Waals surface area contributed by atoms with Crippen LogP contribution in [0.4, 0.5) is 0 Å². The van der Waals surface area contributed by atoms with Crippen LogP contribution in [0.5, 0.6) is 17.2 Å². The Labute approximate surface area is 170 Å². The van der Waals surface area contributed by atoms with Gasteiger partial charge in [0.25, 0.3) is 5.91 Å². The number of hydrogen-bond acceptors (Lipinski definition) is 5. The summed E-state index contributed by atoms with van der Waals surface area (Å²) in [6, 6.07) is 18.9. The summed E-state index contributed by atoms with van der Waals surface area (Å²) in [6.45, 7) is 2.53. The van der Waals surface area contributed by atoms with E-state index in [1.54, 1.807) is 37.6 Å². The number of carbonyl (C=O) groups is 1. The van der Waals surface area contributed by atoms with Gasteiger partial charge in [0.15, 0.2) is 6.61 Å². The van der Waals surface area contributed by atoms with Crippen molar-refractivity contribution in [3.8, 4) is 17.2 Å². The zero-order valence-electron chi connectivity index (χ0n) is 16.6. The fourth-order valence-corrected chi connectivity index (χ4v) is 2.77. The Morgan fingerprint density at radius 1 is 1.00 bits per heavy atom. The van der Waals surface area contributed by atoms with Gasteiger partial charge in [-0.15, -0.1) is 0 Å². The lowest BCUT2D eigenvalue weighted by atomic mass is 10.0. The largest absolute Gasteiger partial charge is 0.497 e. The van der Waals surface area contributed by atoms with Gasteiger partial charge >= 0.3 is 0 Å². The number of amides is 1. The van der Waals surface area contributed by atoms with Crippen molar-refractivity contribution < 1.29 is 19.0 Å². The summed E-state index contributed by atoms with van der Waals surface area (Å²) in [5.41, 5.74) is 3.32. The smallest absolute Gasteiger partial charge is 0.277 e. The molecule has 0 spiro atoms. The third kappa shape index (κ3) is 5.48. The highest BCUT2D eigenvalue weighted by atomic mass is 16.5. The van der Waals surface area contributed by atoms with Gasteiger partial charge in [-0.1, -0.05) is 37.3 Å². The van der Waals surface area contributed by atoms with Crippen molar-refractivity contribution in [1.29, 1.82) is 0 Å². The number of nitrogens with one attached hydrogen (secondary N) is 1. The Balaban J connectivity index is 1.65. The van der Waals surface area contributed by atoms with Crippen LogP contribution in [0.15, 0.2) is 65.8 Å². The third-order valence-electron chi connectivity index (χ3n) is 4.20. The molecule has 3 aromatic carbocycles. The average Bonchev–Trinajstić information content (AvgIpc) is 2.77. The molecule has 29 heavy (non-hydrogen) atoms. The highest BCUT2D eigenvalue weighted by molar-refractivity contribution is 6.02. The van der Waals surface area contributed by atoms with E-state index in [2.05, 4.69) is 17.5 Å². The Morgan fingerprint density at radius 3 is 2.52 bits per heavy atom. The monoisotopic (exact) mass is 392 g/mol. The van der Waals surface area contributed by atoms with Crippen LogP contribution in [0.25, 0.3) is 10.8 Å². The van der Waals surface area contributed by atoms with E-state index < -0.39 is 0 Å². The van der Waals surface area contributed by atoms with Gasteiger partial charge in [-0.25, -0.2) is 5.43 Å². The zero-order valence-corrected chi connectivity index (χ0v) is 16.6. The first-order valence-corrected chi connectivity index (χ1v) is 9.44. The number of hydrazone groups is 1. The Morgan fingerprint density at radius 2 is 1.76 bits per heavy atom.